The molecule has 0 spiro atoms. The number of nitrogens with zero attached hydrogens (tertiary/aromatic N) is 2. The van der Waals surface area contributed by atoms with Crippen LogP contribution in [0.15, 0.2) is 76.8 Å². The van der Waals surface area contributed by atoms with Gasteiger partial charge in [-0.1, -0.05) is 36.1 Å². The van der Waals surface area contributed by atoms with Crippen molar-refractivity contribution in [1.82, 2.24) is 10.7 Å². The van der Waals surface area contributed by atoms with Crippen LogP contribution >= 0.6 is 11.3 Å². The molecule has 2 amide bonds. The van der Waals surface area contributed by atoms with Gasteiger partial charge in [0.1, 0.15) is 5.70 Å². The molecule has 0 aliphatic rings. The number of nitro benzene ring substituents is 1. The molecule has 31 heavy (non-hydrogen) atoms. The van der Waals surface area contributed by atoms with Gasteiger partial charge in [-0.2, -0.15) is 5.10 Å². The average Bonchev–Trinajstić information content (AvgIpc) is 3.28. The lowest BCUT2D eigenvalue weighted by Crippen LogP contribution is -2.32. The number of carbonyl (C=O) groups excluding carboxylic acids is 2. The van der Waals surface area contributed by atoms with Gasteiger partial charge < -0.3 is 10.4 Å². The highest BCUT2D eigenvalue weighted by atomic mass is 32.1. The lowest BCUT2D eigenvalue weighted by atomic mass is 10.2. The predicted octanol–water partition coefficient (Wildman–Crippen LogP) is 2.65. The van der Waals surface area contributed by atoms with E-state index in [0.29, 0.717) is 5.56 Å². The van der Waals surface area contributed by atoms with Crippen LogP contribution in [0.1, 0.15) is 20.8 Å². The van der Waals surface area contributed by atoms with Crippen LogP contribution in [-0.2, 0) is 4.79 Å². The summed E-state index contributed by atoms with van der Waals surface area (Å²) in [5.74, 6) is -1.70. The average molecular weight is 435 g/mol. The molecule has 0 fully saturated rings. The van der Waals surface area contributed by atoms with Gasteiger partial charge in [-0.15, -0.1) is 11.3 Å². The van der Waals surface area contributed by atoms with Gasteiger partial charge in [0.05, 0.1) is 11.1 Å². The van der Waals surface area contributed by atoms with Crippen LogP contribution in [0, 0.1) is 10.1 Å². The molecule has 0 aliphatic heterocycles. The number of hydrogen-bond acceptors (Lipinski definition) is 7. The molecule has 0 atom stereocenters. The van der Waals surface area contributed by atoms with Crippen molar-refractivity contribution in [2.24, 2.45) is 5.10 Å². The first-order valence-electron chi connectivity index (χ1n) is 8.84. The first-order chi connectivity index (χ1) is 14.9. The van der Waals surface area contributed by atoms with Gasteiger partial charge in [0.2, 0.25) is 0 Å². The molecule has 1 heterocycles. The lowest BCUT2D eigenvalue weighted by Gasteiger charge is -2.10. The van der Waals surface area contributed by atoms with Crippen LogP contribution in [0.5, 0.6) is 5.75 Å². The molecule has 0 radical (unpaired) electrons. The topological polar surface area (TPSA) is 137 Å². The van der Waals surface area contributed by atoms with Gasteiger partial charge in [0.15, 0.2) is 0 Å². The van der Waals surface area contributed by atoms with E-state index in [-0.39, 0.29) is 16.9 Å². The maximum atomic E-state index is 12.6. The Balaban J connectivity index is 1.78. The van der Waals surface area contributed by atoms with Gasteiger partial charge >= 0.3 is 0 Å². The molecular formula is C21H15N4O5S-. The second-order valence-electron chi connectivity index (χ2n) is 6.07. The van der Waals surface area contributed by atoms with Crippen LogP contribution in [0.2, 0.25) is 0 Å². The second kappa shape index (κ2) is 9.94. The molecule has 1 aromatic heterocycles. The van der Waals surface area contributed by atoms with Crippen LogP contribution in [-0.4, -0.2) is 23.0 Å². The smallest absolute Gasteiger partial charge is 0.287 e. The first-order valence-corrected chi connectivity index (χ1v) is 9.72. The highest BCUT2D eigenvalue weighted by molar-refractivity contribution is 7.10. The minimum absolute atomic E-state index is 0.0603. The van der Waals surface area contributed by atoms with E-state index < -0.39 is 22.5 Å². The van der Waals surface area contributed by atoms with E-state index in [4.69, 9.17) is 0 Å². The van der Waals surface area contributed by atoms with Crippen LogP contribution in [0.25, 0.3) is 6.08 Å². The van der Waals surface area contributed by atoms with Crippen LogP contribution in [0.4, 0.5) is 5.69 Å². The highest BCUT2D eigenvalue weighted by Crippen LogP contribution is 2.19. The van der Waals surface area contributed by atoms with E-state index in [1.165, 1.54) is 17.4 Å². The molecule has 2 N–H and O–H groups in total. The van der Waals surface area contributed by atoms with Gasteiger partial charge in [-0.25, -0.2) is 5.43 Å². The number of nitrogens with one attached hydrogen (secondary N) is 2. The SMILES string of the molecule is O=C(N/N=C\c1cc([N+](=O)[O-])ccc1[O-])/C(=C\c1cccs1)NC(=O)c1ccccc1. The summed E-state index contributed by atoms with van der Waals surface area (Å²) in [5, 5.41) is 30.7. The minimum atomic E-state index is -0.730. The first kappa shape index (κ1) is 21.4. The maximum absolute atomic E-state index is 12.6. The zero-order chi connectivity index (χ0) is 22.2. The van der Waals surface area contributed by atoms with Crippen molar-refractivity contribution in [1.29, 1.82) is 0 Å². The van der Waals surface area contributed by atoms with Crippen LogP contribution in [0.3, 0.4) is 0 Å². The van der Waals surface area contributed by atoms with Gasteiger partial charge in [0.25, 0.3) is 17.5 Å². The standard InChI is InChI=1S/C21H16N4O5S/c26-19-9-8-16(25(29)30)11-15(19)13-22-24-21(28)18(12-17-7-4-10-31-17)23-20(27)14-5-2-1-3-6-14/h1-13,26H,(H,23,27)(H,24,28)/p-1/b18-12+,22-13-. The summed E-state index contributed by atoms with van der Waals surface area (Å²) in [4.78, 5) is 36.0. The number of non-ortho nitro benzene ring substituents is 1. The molecular weight excluding hydrogens is 420 g/mol. The van der Waals surface area contributed by atoms with E-state index in [1.54, 1.807) is 42.5 Å². The number of hydrazone groups is 1. The van der Waals surface area contributed by atoms with Crippen LogP contribution < -0.4 is 15.8 Å². The van der Waals surface area contributed by atoms with Gasteiger partial charge in [0, 0.05) is 22.6 Å². The molecule has 0 saturated carbocycles. The molecule has 0 unspecified atom stereocenters. The molecule has 0 saturated heterocycles. The van der Waals surface area contributed by atoms with E-state index in [2.05, 4.69) is 15.8 Å². The quantitative estimate of drug-likeness (QED) is 0.254. The fourth-order valence-corrected chi connectivity index (χ4v) is 3.09. The Morgan fingerprint density at radius 3 is 2.52 bits per heavy atom. The normalized spacial score (nSPS) is 11.3. The largest absolute Gasteiger partial charge is 0.872 e. The van der Waals surface area contributed by atoms with Crippen molar-refractivity contribution < 1.29 is 19.6 Å². The van der Waals surface area contributed by atoms with Crippen molar-refractivity contribution in [3.63, 3.8) is 0 Å². The van der Waals surface area contributed by atoms with E-state index in [9.17, 15) is 24.8 Å². The number of amides is 2. The number of nitro groups is 1. The summed E-state index contributed by atoms with van der Waals surface area (Å²) < 4.78 is 0. The molecule has 3 aromatic rings. The molecule has 10 heteroatoms. The molecule has 0 bridgehead atoms. The summed E-state index contributed by atoms with van der Waals surface area (Å²) >= 11 is 1.37. The van der Waals surface area contributed by atoms with Gasteiger partial charge in [-0.05, 0) is 35.2 Å². The number of rotatable bonds is 7. The third kappa shape index (κ3) is 5.84. The van der Waals surface area contributed by atoms with Crippen molar-refractivity contribution in [2.45, 2.75) is 0 Å². The fraction of sp³-hybridized carbons (Fsp3) is 0. The Morgan fingerprint density at radius 2 is 1.84 bits per heavy atom. The van der Waals surface area contributed by atoms with Crippen molar-refractivity contribution in [2.75, 3.05) is 0 Å². The third-order valence-electron chi connectivity index (χ3n) is 3.93. The van der Waals surface area contributed by atoms with E-state index in [1.807, 2.05) is 5.38 Å². The van der Waals surface area contributed by atoms with Crippen molar-refractivity contribution in [3.05, 3.63) is 97.9 Å². The molecule has 0 aliphatic carbocycles. The molecule has 156 valence electrons. The van der Waals surface area contributed by atoms with Crippen molar-refractivity contribution >= 4 is 41.1 Å². The Kier molecular flexibility index (Phi) is 6.86. The molecule has 3 rings (SSSR count). The second-order valence-corrected chi connectivity index (χ2v) is 7.05. The number of thiophene rings is 1. The predicted molar refractivity (Wildman–Crippen MR) is 114 cm³/mol. The molecule has 2 aromatic carbocycles. The lowest BCUT2D eigenvalue weighted by molar-refractivity contribution is -0.385. The number of carbonyl (C=O) groups is 2. The number of hydrogen-bond donors (Lipinski definition) is 2. The monoisotopic (exact) mass is 435 g/mol. The fourth-order valence-electron chi connectivity index (χ4n) is 2.43. The van der Waals surface area contributed by atoms with Crippen molar-refractivity contribution in [3.8, 4) is 5.75 Å². The zero-order valence-corrected chi connectivity index (χ0v) is 16.7. The van der Waals surface area contributed by atoms with E-state index >= 15 is 0 Å². The summed E-state index contributed by atoms with van der Waals surface area (Å²) in [5.41, 5.74) is 2.18. The number of benzene rings is 2. The minimum Gasteiger partial charge on any atom is -0.872 e. The summed E-state index contributed by atoms with van der Waals surface area (Å²) in [6, 6.07) is 15.1. The Labute approximate surface area is 180 Å². The highest BCUT2D eigenvalue weighted by Gasteiger charge is 2.14. The third-order valence-corrected chi connectivity index (χ3v) is 4.75. The summed E-state index contributed by atoms with van der Waals surface area (Å²) in [6.45, 7) is 0. The van der Waals surface area contributed by atoms with E-state index in [0.717, 1.165) is 29.3 Å². The van der Waals surface area contributed by atoms with Gasteiger partial charge in [-0.3, -0.25) is 19.7 Å². The molecule has 9 nitrogen and oxygen atoms in total. The Hall–Kier alpha value is -4.31. The Bertz CT molecular complexity index is 1160. The zero-order valence-electron chi connectivity index (χ0n) is 15.8. The Morgan fingerprint density at radius 1 is 1.06 bits per heavy atom. The summed E-state index contributed by atoms with van der Waals surface area (Å²) in [6.07, 6.45) is 2.50. The summed E-state index contributed by atoms with van der Waals surface area (Å²) in [7, 11) is 0. The maximum Gasteiger partial charge on any atom is 0.287 e.